The monoisotopic (exact) mass is 704 g/mol. The molecule has 0 atom stereocenters. The van der Waals surface area contributed by atoms with Gasteiger partial charge >= 0.3 is 0 Å². The van der Waals surface area contributed by atoms with E-state index in [-0.39, 0.29) is 0 Å². The molecular weight excluding hydrogens is 653 g/mol. The Morgan fingerprint density at radius 1 is 0.352 bits per heavy atom. The Labute approximate surface area is 323 Å². The maximum absolute atomic E-state index is 2.40. The van der Waals surface area contributed by atoms with Crippen molar-refractivity contribution in [2.45, 2.75) is 67.2 Å². The number of aryl methyl sites for hydroxylation is 5. The number of hydrogen-bond acceptors (Lipinski definition) is 2. The van der Waals surface area contributed by atoms with Crippen LogP contribution in [0.4, 0.5) is 34.1 Å². The van der Waals surface area contributed by atoms with Gasteiger partial charge in [0.25, 0.3) is 0 Å². The molecule has 7 aromatic carbocycles. The number of hydrogen-bond donors (Lipinski definition) is 0. The molecule has 2 nitrogen and oxygen atoms in total. The summed E-state index contributed by atoms with van der Waals surface area (Å²) < 4.78 is 0. The Morgan fingerprint density at radius 3 is 0.907 bits per heavy atom. The SMILES string of the molecule is CCc1ccc(C(C)(c2ccc(N(c3ccc(C)cc3)c3ccc(C)cc3)cc2)c2ccc(N(c3ccc(C)cc3)c3ccc(C)cc3)cc2)c(C)c1C. The first kappa shape index (κ1) is 36.5. The van der Waals surface area contributed by atoms with Gasteiger partial charge in [-0.2, -0.15) is 0 Å². The normalized spacial score (nSPS) is 11.4. The van der Waals surface area contributed by atoms with Gasteiger partial charge in [0.05, 0.1) is 0 Å². The summed E-state index contributed by atoms with van der Waals surface area (Å²) in [4.78, 5) is 4.70. The number of anilines is 6. The molecule has 0 aliphatic heterocycles. The van der Waals surface area contributed by atoms with E-state index in [1.807, 2.05) is 0 Å². The summed E-state index contributed by atoms with van der Waals surface area (Å²) in [6.45, 7) is 17.8. The first-order valence-corrected chi connectivity index (χ1v) is 19.2. The third-order valence-electron chi connectivity index (χ3n) is 11.4. The third-order valence-corrected chi connectivity index (χ3v) is 11.4. The van der Waals surface area contributed by atoms with Crippen LogP contribution < -0.4 is 9.80 Å². The lowest BCUT2D eigenvalue weighted by molar-refractivity contribution is 0.685. The number of benzene rings is 7. The molecular formula is C52H52N2. The van der Waals surface area contributed by atoms with Crippen molar-refractivity contribution >= 4 is 34.1 Å². The van der Waals surface area contributed by atoms with Gasteiger partial charge in [0.15, 0.2) is 0 Å². The van der Waals surface area contributed by atoms with Crippen LogP contribution >= 0.6 is 0 Å². The van der Waals surface area contributed by atoms with Gasteiger partial charge in [0, 0.05) is 39.5 Å². The second kappa shape index (κ2) is 15.2. The Bertz CT molecular complexity index is 2100. The lowest BCUT2D eigenvalue weighted by Gasteiger charge is -2.35. The van der Waals surface area contributed by atoms with Gasteiger partial charge < -0.3 is 9.80 Å². The molecule has 0 aliphatic carbocycles. The second-order valence-electron chi connectivity index (χ2n) is 15.1. The molecule has 0 bridgehead atoms. The molecule has 7 rings (SSSR count). The molecule has 54 heavy (non-hydrogen) atoms. The van der Waals surface area contributed by atoms with Crippen LogP contribution in [0, 0.1) is 41.5 Å². The van der Waals surface area contributed by atoms with Crippen LogP contribution in [0.1, 0.15) is 69.5 Å². The first-order chi connectivity index (χ1) is 26.1. The summed E-state index contributed by atoms with van der Waals surface area (Å²) >= 11 is 0. The van der Waals surface area contributed by atoms with Gasteiger partial charge in [0.1, 0.15) is 0 Å². The largest absolute Gasteiger partial charge is 0.311 e. The van der Waals surface area contributed by atoms with Gasteiger partial charge in [-0.25, -0.2) is 0 Å². The highest BCUT2D eigenvalue weighted by molar-refractivity contribution is 5.78. The number of nitrogens with zero attached hydrogens (tertiary/aromatic N) is 2. The van der Waals surface area contributed by atoms with Crippen LogP contribution in [0.5, 0.6) is 0 Å². The van der Waals surface area contributed by atoms with Gasteiger partial charge in [-0.3, -0.25) is 0 Å². The molecule has 0 aromatic heterocycles. The Morgan fingerprint density at radius 2 is 0.630 bits per heavy atom. The Hall–Kier alpha value is -5.86. The summed E-state index contributed by atoms with van der Waals surface area (Å²) in [5.74, 6) is 0. The highest BCUT2D eigenvalue weighted by Gasteiger charge is 2.34. The van der Waals surface area contributed by atoms with E-state index in [1.54, 1.807) is 0 Å². The van der Waals surface area contributed by atoms with Crippen molar-refractivity contribution in [3.05, 3.63) is 213 Å². The third kappa shape index (κ3) is 7.09. The van der Waals surface area contributed by atoms with E-state index in [4.69, 9.17) is 0 Å². The molecule has 0 fully saturated rings. The zero-order chi connectivity index (χ0) is 38.0. The van der Waals surface area contributed by atoms with Crippen molar-refractivity contribution in [2.24, 2.45) is 0 Å². The molecule has 0 aliphatic rings. The average Bonchev–Trinajstić information content (AvgIpc) is 3.19. The summed E-state index contributed by atoms with van der Waals surface area (Å²) in [7, 11) is 0. The molecule has 270 valence electrons. The molecule has 0 radical (unpaired) electrons. The standard InChI is InChI=1S/C52H52N2/c1-9-42-18-35-51(41(7)40(42)6)52(8,43-19-31-49(32-20-43)53(45-23-10-36(2)11-24-45)46-25-12-37(3)13-26-46)44-21-33-50(34-22-44)54(47-27-14-38(4)15-28-47)48-29-16-39(5)17-30-48/h10-35H,9H2,1-8H3. The van der Waals surface area contributed by atoms with Crippen molar-refractivity contribution in [3.63, 3.8) is 0 Å². The number of rotatable bonds is 10. The Balaban J connectivity index is 1.35. The molecule has 0 heterocycles. The quantitative estimate of drug-likeness (QED) is 0.131. The minimum atomic E-state index is -0.407. The maximum atomic E-state index is 2.40. The van der Waals surface area contributed by atoms with Crippen molar-refractivity contribution in [2.75, 3.05) is 9.80 Å². The second-order valence-corrected chi connectivity index (χ2v) is 15.1. The lowest BCUT2D eigenvalue weighted by Crippen LogP contribution is -2.27. The minimum Gasteiger partial charge on any atom is -0.311 e. The van der Waals surface area contributed by atoms with Gasteiger partial charge in [-0.15, -0.1) is 0 Å². The molecule has 0 amide bonds. The average molecular weight is 705 g/mol. The summed E-state index contributed by atoms with van der Waals surface area (Å²) in [5.41, 5.74) is 19.4. The van der Waals surface area contributed by atoms with Crippen molar-refractivity contribution in [3.8, 4) is 0 Å². The first-order valence-electron chi connectivity index (χ1n) is 19.2. The van der Waals surface area contributed by atoms with E-state index in [9.17, 15) is 0 Å². The predicted octanol–water partition coefficient (Wildman–Crippen LogP) is 14.4. The molecule has 0 saturated heterocycles. The van der Waals surface area contributed by atoms with Gasteiger partial charge in [-0.05, 0) is 161 Å². The summed E-state index contributed by atoms with van der Waals surface area (Å²) in [5, 5.41) is 0. The molecule has 0 N–H and O–H groups in total. The predicted molar refractivity (Wildman–Crippen MR) is 232 cm³/mol. The maximum Gasteiger partial charge on any atom is 0.0461 e. The molecule has 7 aromatic rings. The van der Waals surface area contributed by atoms with E-state index >= 15 is 0 Å². The summed E-state index contributed by atoms with van der Waals surface area (Å²) in [6.07, 6.45) is 1.02. The topological polar surface area (TPSA) is 6.48 Å². The van der Waals surface area contributed by atoms with Crippen LogP contribution in [0.2, 0.25) is 0 Å². The fourth-order valence-electron chi connectivity index (χ4n) is 7.84. The molecule has 0 saturated carbocycles. The van der Waals surface area contributed by atoms with E-state index in [2.05, 4.69) is 223 Å². The molecule has 0 spiro atoms. The molecule has 2 heteroatoms. The van der Waals surface area contributed by atoms with Crippen molar-refractivity contribution < 1.29 is 0 Å². The van der Waals surface area contributed by atoms with Gasteiger partial charge in [-0.1, -0.05) is 114 Å². The van der Waals surface area contributed by atoms with E-state index < -0.39 is 5.41 Å². The fourth-order valence-corrected chi connectivity index (χ4v) is 7.84. The fraction of sp³-hybridized carbons (Fsp3) is 0.192. The van der Waals surface area contributed by atoms with E-state index in [0.717, 1.165) is 40.5 Å². The minimum absolute atomic E-state index is 0.407. The zero-order valence-electron chi connectivity index (χ0n) is 33.1. The van der Waals surface area contributed by atoms with Crippen LogP contribution in [-0.2, 0) is 11.8 Å². The van der Waals surface area contributed by atoms with Crippen LogP contribution in [0.3, 0.4) is 0 Å². The zero-order valence-corrected chi connectivity index (χ0v) is 33.1. The van der Waals surface area contributed by atoms with Crippen LogP contribution in [-0.4, -0.2) is 0 Å². The van der Waals surface area contributed by atoms with Crippen molar-refractivity contribution in [1.29, 1.82) is 0 Å². The smallest absolute Gasteiger partial charge is 0.0461 e. The van der Waals surface area contributed by atoms with E-state index in [1.165, 1.54) is 55.6 Å². The summed E-state index contributed by atoms with van der Waals surface area (Å²) in [6, 6.07) is 58.5. The highest BCUT2D eigenvalue weighted by atomic mass is 15.1. The van der Waals surface area contributed by atoms with Crippen LogP contribution in [0.15, 0.2) is 158 Å². The van der Waals surface area contributed by atoms with Crippen LogP contribution in [0.25, 0.3) is 0 Å². The van der Waals surface area contributed by atoms with E-state index in [0.29, 0.717) is 0 Å². The highest BCUT2D eigenvalue weighted by Crippen LogP contribution is 2.45. The lowest BCUT2D eigenvalue weighted by atomic mass is 9.69. The molecule has 0 unspecified atom stereocenters. The Kier molecular flexibility index (Phi) is 10.3. The van der Waals surface area contributed by atoms with Crippen molar-refractivity contribution in [1.82, 2.24) is 0 Å². The van der Waals surface area contributed by atoms with Gasteiger partial charge in [0.2, 0.25) is 0 Å².